The highest BCUT2D eigenvalue weighted by atomic mass is 16.2. The average Bonchev–Trinajstić information content (AvgIpc) is 2.37. The molecule has 104 valence electrons. The minimum Gasteiger partial charge on any atom is -0.368 e. The van der Waals surface area contributed by atoms with Gasteiger partial charge in [0.1, 0.15) is 6.04 Å². The van der Waals surface area contributed by atoms with E-state index in [1.165, 1.54) is 0 Å². The van der Waals surface area contributed by atoms with Crippen molar-refractivity contribution in [1.82, 2.24) is 5.32 Å². The van der Waals surface area contributed by atoms with Crippen LogP contribution in [-0.4, -0.2) is 17.9 Å². The Hall–Kier alpha value is -1.84. The summed E-state index contributed by atoms with van der Waals surface area (Å²) in [6.45, 7) is 5.87. The van der Waals surface area contributed by atoms with Crippen molar-refractivity contribution in [2.45, 2.75) is 39.7 Å². The standard InChI is InChI=1S/C15H22N2O2/c1-4-11(3)14(15(16)19)17-13(18)9-12-7-5-10(2)6-8-12/h5-8,11,14H,4,9H2,1-3H3,(H2,16,19)(H,17,18). The molecule has 0 bridgehead atoms. The third-order valence-electron chi connectivity index (χ3n) is 3.32. The fourth-order valence-electron chi connectivity index (χ4n) is 1.85. The molecule has 0 heterocycles. The zero-order valence-electron chi connectivity index (χ0n) is 11.8. The van der Waals surface area contributed by atoms with Crippen molar-refractivity contribution in [1.29, 1.82) is 0 Å². The molecule has 4 heteroatoms. The number of nitrogens with two attached hydrogens (primary N) is 1. The first kappa shape index (κ1) is 15.2. The highest BCUT2D eigenvalue weighted by Gasteiger charge is 2.23. The van der Waals surface area contributed by atoms with E-state index in [4.69, 9.17) is 5.73 Å². The normalized spacial score (nSPS) is 13.6. The number of carbonyl (C=O) groups is 2. The lowest BCUT2D eigenvalue weighted by molar-refractivity contribution is -0.128. The molecule has 19 heavy (non-hydrogen) atoms. The second kappa shape index (κ2) is 6.92. The van der Waals surface area contributed by atoms with E-state index in [1.54, 1.807) is 0 Å². The summed E-state index contributed by atoms with van der Waals surface area (Å²) in [4.78, 5) is 23.3. The third-order valence-corrected chi connectivity index (χ3v) is 3.32. The van der Waals surface area contributed by atoms with E-state index in [9.17, 15) is 9.59 Å². The summed E-state index contributed by atoms with van der Waals surface area (Å²) in [5.74, 6) is -0.612. The highest BCUT2D eigenvalue weighted by Crippen LogP contribution is 2.08. The summed E-state index contributed by atoms with van der Waals surface area (Å²) in [6, 6.07) is 7.16. The Morgan fingerprint density at radius 3 is 2.32 bits per heavy atom. The van der Waals surface area contributed by atoms with E-state index in [-0.39, 0.29) is 18.2 Å². The molecule has 1 aromatic carbocycles. The van der Waals surface area contributed by atoms with Gasteiger partial charge in [-0.1, -0.05) is 50.1 Å². The van der Waals surface area contributed by atoms with Gasteiger partial charge >= 0.3 is 0 Å². The maximum absolute atomic E-state index is 11.9. The predicted octanol–water partition coefficient (Wildman–Crippen LogP) is 1.55. The van der Waals surface area contributed by atoms with Crippen LogP contribution in [0.15, 0.2) is 24.3 Å². The Balaban J connectivity index is 2.62. The van der Waals surface area contributed by atoms with Crippen molar-refractivity contribution in [3.63, 3.8) is 0 Å². The molecule has 0 radical (unpaired) electrons. The highest BCUT2D eigenvalue weighted by molar-refractivity contribution is 5.87. The molecule has 2 amide bonds. The number of amides is 2. The van der Waals surface area contributed by atoms with Crippen molar-refractivity contribution in [2.75, 3.05) is 0 Å². The van der Waals surface area contributed by atoms with Crippen molar-refractivity contribution in [2.24, 2.45) is 11.7 Å². The minimum absolute atomic E-state index is 0.0412. The first-order valence-corrected chi connectivity index (χ1v) is 6.58. The number of primary amides is 1. The second-order valence-corrected chi connectivity index (χ2v) is 5.00. The van der Waals surface area contributed by atoms with Crippen LogP contribution in [0.1, 0.15) is 31.4 Å². The Bertz CT molecular complexity index is 440. The summed E-state index contributed by atoms with van der Waals surface area (Å²) in [7, 11) is 0. The molecule has 0 aliphatic carbocycles. The molecule has 2 atom stereocenters. The SMILES string of the molecule is CCC(C)C(NC(=O)Cc1ccc(C)cc1)C(N)=O. The summed E-state index contributed by atoms with van der Waals surface area (Å²) in [5.41, 5.74) is 7.40. The molecule has 0 saturated heterocycles. The molecule has 0 aliphatic heterocycles. The maximum atomic E-state index is 11.9. The quantitative estimate of drug-likeness (QED) is 0.816. The van der Waals surface area contributed by atoms with Gasteiger partial charge in [0.05, 0.1) is 6.42 Å². The average molecular weight is 262 g/mol. The van der Waals surface area contributed by atoms with Crippen molar-refractivity contribution >= 4 is 11.8 Å². The van der Waals surface area contributed by atoms with Crippen molar-refractivity contribution in [3.05, 3.63) is 35.4 Å². The minimum atomic E-state index is -0.594. The molecule has 0 saturated carbocycles. The first-order valence-electron chi connectivity index (χ1n) is 6.58. The van der Waals surface area contributed by atoms with Crippen LogP contribution in [0.5, 0.6) is 0 Å². The number of rotatable bonds is 6. The fraction of sp³-hybridized carbons (Fsp3) is 0.467. The molecule has 0 fully saturated rings. The topological polar surface area (TPSA) is 72.2 Å². The van der Waals surface area contributed by atoms with E-state index >= 15 is 0 Å². The van der Waals surface area contributed by atoms with Crippen molar-refractivity contribution < 1.29 is 9.59 Å². The molecule has 3 N–H and O–H groups in total. The van der Waals surface area contributed by atoms with Gasteiger partial charge in [0.25, 0.3) is 0 Å². The number of nitrogens with one attached hydrogen (secondary N) is 1. The zero-order valence-corrected chi connectivity index (χ0v) is 11.8. The van der Waals surface area contributed by atoms with Gasteiger partial charge in [0.2, 0.25) is 11.8 Å². The zero-order chi connectivity index (χ0) is 14.4. The third kappa shape index (κ3) is 4.73. The fourth-order valence-corrected chi connectivity index (χ4v) is 1.85. The largest absolute Gasteiger partial charge is 0.368 e. The van der Waals surface area contributed by atoms with Gasteiger partial charge in [0.15, 0.2) is 0 Å². The molecular weight excluding hydrogens is 240 g/mol. The molecule has 4 nitrogen and oxygen atoms in total. The predicted molar refractivity (Wildman–Crippen MR) is 75.5 cm³/mol. The van der Waals surface area contributed by atoms with Gasteiger partial charge in [-0.3, -0.25) is 9.59 Å². The van der Waals surface area contributed by atoms with Crippen LogP contribution >= 0.6 is 0 Å². The number of hydrogen-bond donors (Lipinski definition) is 2. The Morgan fingerprint density at radius 1 is 1.26 bits per heavy atom. The van der Waals surface area contributed by atoms with Gasteiger partial charge in [-0.25, -0.2) is 0 Å². The number of carbonyl (C=O) groups excluding carboxylic acids is 2. The van der Waals surface area contributed by atoms with Gasteiger partial charge in [-0.15, -0.1) is 0 Å². The summed E-state index contributed by atoms with van der Waals surface area (Å²) >= 11 is 0. The number of aryl methyl sites for hydroxylation is 1. The van der Waals surface area contributed by atoms with Crippen LogP contribution in [0.3, 0.4) is 0 Å². The lowest BCUT2D eigenvalue weighted by Crippen LogP contribution is -2.48. The molecular formula is C15H22N2O2. The first-order chi connectivity index (χ1) is 8.93. The van der Waals surface area contributed by atoms with Crippen LogP contribution in [0, 0.1) is 12.8 Å². The Morgan fingerprint density at radius 2 is 1.84 bits per heavy atom. The lowest BCUT2D eigenvalue weighted by atomic mass is 9.98. The number of hydrogen-bond acceptors (Lipinski definition) is 2. The van der Waals surface area contributed by atoms with Crippen LogP contribution in [0.4, 0.5) is 0 Å². The van der Waals surface area contributed by atoms with Gasteiger partial charge in [-0.05, 0) is 18.4 Å². The smallest absolute Gasteiger partial charge is 0.240 e. The molecule has 0 spiro atoms. The summed E-state index contributed by atoms with van der Waals surface area (Å²) < 4.78 is 0. The van der Waals surface area contributed by atoms with Crippen LogP contribution < -0.4 is 11.1 Å². The summed E-state index contributed by atoms with van der Waals surface area (Å²) in [6.07, 6.45) is 1.05. The second-order valence-electron chi connectivity index (χ2n) is 5.00. The van der Waals surface area contributed by atoms with Gasteiger partial charge in [0, 0.05) is 0 Å². The van der Waals surface area contributed by atoms with Crippen LogP contribution in [0.25, 0.3) is 0 Å². The maximum Gasteiger partial charge on any atom is 0.240 e. The van der Waals surface area contributed by atoms with Crippen molar-refractivity contribution in [3.8, 4) is 0 Å². The molecule has 0 aliphatic rings. The van der Waals surface area contributed by atoms with E-state index in [0.717, 1.165) is 17.5 Å². The van der Waals surface area contributed by atoms with E-state index in [0.29, 0.717) is 0 Å². The van der Waals surface area contributed by atoms with E-state index in [1.807, 2.05) is 45.0 Å². The number of benzene rings is 1. The summed E-state index contributed by atoms with van der Waals surface area (Å²) in [5, 5.41) is 2.72. The molecule has 1 aromatic rings. The monoisotopic (exact) mass is 262 g/mol. The Kier molecular flexibility index (Phi) is 5.55. The van der Waals surface area contributed by atoms with E-state index in [2.05, 4.69) is 5.32 Å². The van der Waals surface area contributed by atoms with Gasteiger partial charge in [-0.2, -0.15) is 0 Å². The molecule has 0 aromatic heterocycles. The molecule has 1 rings (SSSR count). The Labute approximate surface area is 114 Å². The van der Waals surface area contributed by atoms with Crippen LogP contribution in [-0.2, 0) is 16.0 Å². The molecule has 2 unspecified atom stereocenters. The van der Waals surface area contributed by atoms with Gasteiger partial charge < -0.3 is 11.1 Å². The van der Waals surface area contributed by atoms with E-state index < -0.39 is 11.9 Å². The lowest BCUT2D eigenvalue weighted by Gasteiger charge is -2.21. The van der Waals surface area contributed by atoms with Crippen LogP contribution in [0.2, 0.25) is 0 Å².